The Morgan fingerprint density at radius 2 is 1.75 bits per heavy atom. The molecule has 0 N–H and O–H groups in total. The van der Waals surface area contributed by atoms with Crippen LogP contribution in [0.2, 0.25) is 0 Å². The standard InChI is InChI=1S/C13H22O3/c1-5-8-9-10(4)12(11(14)6-2)13(15)16-7-3/h5-9H2,1-4H3. The molecule has 0 aliphatic heterocycles. The van der Waals surface area contributed by atoms with E-state index in [2.05, 4.69) is 6.92 Å². The largest absolute Gasteiger partial charge is 0.462 e. The SMILES string of the molecule is CCCCC(C)=C(C(=O)CC)C(=O)OCC. The molecule has 0 bridgehead atoms. The van der Waals surface area contributed by atoms with Crippen molar-refractivity contribution in [3.05, 3.63) is 11.1 Å². The van der Waals surface area contributed by atoms with Crippen molar-refractivity contribution in [3.8, 4) is 0 Å². The second-order valence-electron chi connectivity index (χ2n) is 3.76. The Kier molecular flexibility index (Phi) is 7.52. The number of allylic oxidation sites excluding steroid dienone is 1. The lowest BCUT2D eigenvalue weighted by atomic mass is 9.99. The van der Waals surface area contributed by atoms with Crippen molar-refractivity contribution < 1.29 is 14.3 Å². The summed E-state index contributed by atoms with van der Waals surface area (Å²) >= 11 is 0. The van der Waals surface area contributed by atoms with Crippen molar-refractivity contribution in [2.75, 3.05) is 6.61 Å². The quantitative estimate of drug-likeness (QED) is 0.290. The minimum atomic E-state index is -0.469. The van der Waals surface area contributed by atoms with Crippen molar-refractivity contribution in [2.24, 2.45) is 0 Å². The lowest BCUT2D eigenvalue weighted by Gasteiger charge is -2.09. The lowest BCUT2D eigenvalue weighted by Crippen LogP contribution is -2.17. The number of carbonyl (C=O) groups excluding carboxylic acids is 2. The van der Waals surface area contributed by atoms with E-state index >= 15 is 0 Å². The number of rotatable bonds is 7. The molecule has 0 rings (SSSR count). The molecule has 0 spiro atoms. The Balaban J connectivity index is 4.90. The summed E-state index contributed by atoms with van der Waals surface area (Å²) in [6.07, 6.45) is 3.17. The van der Waals surface area contributed by atoms with E-state index in [1.165, 1.54) is 0 Å². The average Bonchev–Trinajstić information content (AvgIpc) is 2.26. The molecule has 0 unspecified atom stereocenters. The zero-order chi connectivity index (χ0) is 12.6. The van der Waals surface area contributed by atoms with E-state index in [-0.39, 0.29) is 11.4 Å². The first-order chi connectivity index (χ1) is 7.58. The van der Waals surface area contributed by atoms with Crippen LogP contribution in [0.15, 0.2) is 11.1 Å². The number of hydrogen-bond acceptors (Lipinski definition) is 3. The molecule has 16 heavy (non-hydrogen) atoms. The van der Waals surface area contributed by atoms with Crippen molar-refractivity contribution >= 4 is 11.8 Å². The first-order valence-electron chi connectivity index (χ1n) is 5.98. The van der Waals surface area contributed by atoms with Crippen LogP contribution in [-0.2, 0) is 14.3 Å². The maximum absolute atomic E-state index is 11.7. The van der Waals surface area contributed by atoms with Gasteiger partial charge in [0.25, 0.3) is 0 Å². The number of ether oxygens (including phenoxy) is 1. The molecule has 0 saturated heterocycles. The van der Waals surface area contributed by atoms with E-state index in [4.69, 9.17) is 4.74 Å². The first-order valence-corrected chi connectivity index (χ1v) is 5.98. The summed E-state index contributed by atoms with van der Waals surface area (Å²) in [6, 6.07) is 0. The molecule has 0 aromatic carbocycles. The van der Waals surface area contributed by atoms with Crippen LogP contribution in [0, 0.1) is 0 Å². The van der Waals surface area contributed by atoms with Gasteiger partial charge in [-0.25, -0.2) is 4.79 Å². The van der Waals surface area contributed by atoms with E-state index in [0.29, 0.717) is 13.0 Å². The summed E-state index contributed by atoms with van der Waals surface area (Å²) in [5.74, 6) is -0.588. The Morgan fingerprint density at radius 3 is 2.19 bits per heavy atom. The van der Waals surface area contributed by atoms with Gasteiger partial charge in [-0.3, -0.25) is 4.79 Å². The number of hydrogen-bond donors (Lipinski definition) is 0. The van der Waals surface area contributed by atoms with Gasteiger partial charge in [-0.1, -0.05) is 25.8 Å². The molecule has 92 valence electrons. The van der Waals surface area contributed by atoms with Gasteiger partial charge in [0, 0.05) is 6.42 Å². The van der Waals surface area contributed by atoms with Gasteiger partial charge >= 0.3 is 5.97 Å². The fourth-order valence-corrected chi connectivity index (χ4v) is 1.47. The van der Waals surface area contributed by atoms with Gasteiger partial charge in [-0.15, -0.1) is 0 Å². The maximum atomic E-state index is 11.7. The predicted molar refractivity (Wildman–Crippen MR) is 64.2 cm³/mol. The van der Waals surface area contributed by atoms with Crippen LogP contribution in [0.3, 0.4) is 0 Å². The van der Waals surface area contributed by atoms with E-state index < -0.39 is 5.97 Å². The summed E-state index contributed by atoms with van der Waals surface area (Å²) in [5.41, 5.74) is 1.12. The monoisotopic (exact) mass is 226 g/mol. The topological polar surface area (TPSA) is 43.4 Å². The highest BCUT2D eigenvalue weighted by atomic mass is 16.5. The molecule has 0 aromatic rings. The van der Waals surface area contributed by atoms with Crippen LogP contribution in [0.1, 0.15) is 53.4 Å². The summed E-state index contributed by atoms with van der Waals surface area (Å²) in [4.78, 5) is 23.3. The second kappa shape index (κ2) is 8.08. The predicted octanol–water partition coefficient (Wildman–Crippen LogP) is 3.04. The number of Topliss-reactive ketones (excluding diaryl/α,β-unsaturated/α-hetero) is 1. The van der Waals surface area contributed by atoms with Gasteiger partial charge in [-0.05, 0) is 26.7 Å². The molecule has 0 aliphatic rings. The van der Waals surface area contributed by atoms with Crippen LogP contribution in [0.4, 0.5) is 0 Å². The minimum Gasteiger partial charge on any atom is -0.462 e. The number of ketones is 1. The van der Waals surface area contributed by atoms with Gasteiger partial charge in [0.15, 0.2) is 5.78 Å². The van der Waals surface area contributed by atoms with Crippen LogP contribution in [0.5, 0.6) is 0 Å². The average molecular weight is 226 g/mol. The van der Waals surface area contributed by atoms with Crippen LogP contribution in [-0.4, -0.2) is 18.4 Å². The van der Waals surface area contributed by atoms with E-state index in [1.807, 2.05) is 6.92 Å². The maximum Gasteiger partial charge on any atom is 0.341 e. The summed E-state index contributed by atoms with van der Waals surface area (Å²) in [6.45, 7) is 7.73. The van der Waals surface area contributed by atoms with Gasteiger partial charge in [0.2, 0.25) is 0 Å². The highest BCUT2D eigenvalue weighted by Crippen LogP contribution is 2.15. The summed E-state index contributed by atoms with van der Waals surface area (Å²) in [7, 11) is 0. The van der Waals surface area contributed by atoms with Gasteiger partial charge < -0.3 is 4.74 Å². The van der Waals surface area contributed by atoms with Gasteiger partial charge in [0.1, 0.15) is 5.57 Å². The third kappa shape index (κ3) is 4.60. The highest BCUT2D eigenvalue weighted by molar-refractivity contribution is 6.17. The molecule has 0 saturated carbocycles. The second-order valence-corrected chi connectivity index (χ2v) is 3.76. The molecular weight excluding hydrogens is 204 g/mol. The third-order valence-electron chi connectivity index (χ3n) is 2.41. The summed E-state index contributed by atoms with van der Waals surface area (Å²) in [5, 5.41) is 0. The smallest absolute Gasteiger partial charge is 0.341 e. The fourth-order valence-electron chi connectivity index (χ4n) is 1.47. The van der Waals surface area contributed by atoms with Crippen LogP contribution in [0.25, 0.3) is 0 Å². The molecule has 0 radical (unpaired) electrons. The zero-order valence-corrected chi connectivity index (χ0v) is 10.8. The van der Waals surface area contributed by atoms with E-state index in [1.54, 1.807) is 13.8 Å². The van der Waals surface area contributed by atoms with Crippen molar-refractivity contribution in [1.82, 2.24) is 0 Å². The molecule has 0 amide bonds. The summed E-state index contributed by atoms with van der Waals surface area (Å²) < 4.78 is 4.91. The minimum absolute atomic E-state index is 0.118. The van der Waals surface area contributed by atoms with Gasteiger partial charge in [-0.2, -0.15) is 0 Å². The van der Waals surface area contributed by atoms with E-state index in [0.717, 1.165) is 24.8 Å². The zero-order valence-electron chi connectivity index (χ0n) is 10.8. The molecule has 3 nitrogen and oxygen atoms in total. The van der Waals surface area contributed by atoms with Crippen LogP contribution < -0.4 is 0 Å². The third-order valence-corrected chi connectivity index (χ3v) is 2.41. The molecule has 0 aromatic heterocycles. The van der Waals surface area contributed by atoms with Gasteiger partial charge in [0.05, 0.1) is 6.61 Å². The Bertz CT molecular complexity index is 277. The molecule has 3 heteroatoms. The molecular formula is C13H22O3. The first kappa shape index (κ1) is 14.9. The Labute approximate surface area is 97.9 Å². The van der Waals surface area contributed by atoms with Crippen LogP contribution >= 0.6 is 0 Å². The highest BCUT2D eigenvalue weighted by Gasteiger charge is 2.20. The van der Waals surface area contributed by atoms with Crippen molar-refractivity contribution in [2.45, 2.75) is 53.4 Å². The van der Waals surface area contributed by atoms with Crippen molar-refractivity contribution in [3.63, 3.8) is 0 Å². The fraction of sp³-hybridized carbons (Fsp3) is 0.692. The van der Waals surface area contributed by atoms with E-state index in [9.17, 15) is 9.59 Å². The van der Waals surface area contributed by atoms with Crippen molar-refractivity contribution in [1.29, 1.82) is 0 Å². The Morgan fingerprint density at radius 1 is 1.12 bits per heavy atom. The molecule has 0 fully saturated rings. The number of carbonyl (C=O) groups is 2. The molecule has 0 heterocycles. The molecule has 0 atom stereocenters. The molecule has 0 aliphatic carbocycles. The Hall–Kier alpha value is -1.12. The normalized spacial score (nSPS) is 12.0. The number of unbranched alkanes of at least 4 members (excludes halogenated alkanes) is 1. The lowest BCUT2D eigenvalue weighted by molar-refractivity contribution is -0.140. The number of esters is 1.